The van der Waals surface area contributed by atoms with Gasteiger partial charge in [0.1, 0.15) is 17.7 Å². The van der Waals surface area contributed by atoms with Crippen LogP contribution >= 0.6 is 11.6 Å². The zero-order valence-electron chi connectivity index (χ0n) is 31.2. The summed E-state index contributed by atoms with van der Waals surface area (Å²) in [5.41, 5.74) is 6.68. The van der Waals surface area contributed by atoms with Crippen molar-refractivity contribution in [2.75, 3.05) is 52.6 Å². The lowest BCUT2D eigenvalue weighted by Crippen LogP contribution is -2.67. The van der Waals surface area contributed by atoms with E-state index in [0.717, 1.165) is 13.0 Å². The molecule has 0 saturated carbocycles. The Labute approximate surface area is 325 Å². The predicted octanol–water partition coefficient (Wildman–Crippen LogP) is 5.45. The Morgan fingerprint density at radius 3 is 2.15 bits per heavy atom. The fourth-order valence-electron chi connectivity index (χ4n) is 7.75. The molecule has 1 unspecified atom stereocenters. The zero-order valence-corrected chi connectivity index (χ0v) is 33.8. The van der Waals surface area contributed by atoms with E-state index in [2.05, 4.69) is 78.9 Å². The number of likely N-dealkylation sites (tertiary alicyclic amines) is 1. The van der Waals surface area contributed by atoms with Crippen LogP contribution in [0.25, 0.3) is 0 Å². The van der Waals surface area contributed by atoms with Crippen molar-refractivity contribution in [1.29, 1.82) is 0 Å². The van der Waals surface area contributed by atoms with Crippen molar-refractivity contribution in [3.05, 3.63) is 119 Å². The lowest BCUT2D eigenvalue weighted by molar-refractivity contribution is 0.0530. The zero-order chi connectivity index (χ0) is 38.3. The number of sulfonamides is 1. The minimum atomic E-state index is -3.78. The van der Waals surface area contributed by atoms with Gasteiger partial charge in [-0.15, -0.1) is 0 Å². The molecule has 3 atom stereocenters. The SMILES string of the molecule is CC(C)(C)[Si](O[C@@H]1CCN([C@H]2Cc3c(F)cc(Cl)cc3C2Oc2ccc(S(=O)(=O)NCCOCCOCCN)cc2)C1)(c1ccccc1)c1ccccc1. The second kappa shape index (κ2) is 17.7. The average molecular weight is 796 g/mol. The van der Waals surface area contributed by atoms with Crippen LogP contribution in [-0.2, 0) is 30.3 Å². The quantitative estimate of drug-likeness (QED) is 0.107. The highest BCUT2D eigenvalue weighted by Crippen LogP contribution is 2.43. The van der Waals surface area contributed by atoms with Crippen LogP contribution in [0, 0.1) is 5.82 Å². The Balaban J connectivity index is 1.18. The standard InChI is InChI=1S/C41H51ClFN3O6SSi/c1-41(2,3)54(34-10-6-4-7-11-34,35-12-8-5-9-13-35)52-32-18-21-46(29-32)39-28-36-37(26-30(42)27-38(36)43)40(39)51-31-14-16-33(17-15-31)53(47,48)45-20-23-50-25-24-49-22-19-44/h4-17,26-27,32,39-40,45H,18-25,28-29,44H2,1-3H3/t32-,39+,40?/m1/s1. The molecule has 54 heavy (non-hydrogen) atoms. The normalized spacial score (nSPS) is 19.3. The summed E-state index contributed by atoms with van der Waals surface area (Å²) in [6.07, 6.45) is 0.680. The van der Waals surface area contributed by atoms with Crippen molar-refractivity contribution in [2.45, 2.75) is 61.8 Å². The van der Waals surface area contributed by atoms with Gasteiger partial charge in [0.2, 0.25) is 10.0 Å². The number of fused-ring (bicyclic) bond motifs is 1. The van der Waals surface area contributed by atoms with E-state index in [1.165, 1.54) is 28.6 Å². The third kappa shape index (κ3) is 9.09. The molecule has 1 heterocycles. The maximum absolute atomic E-state index is 15.5. The summed E-state index contributed by atoms with van der Waals surface area (Å²) in [7, 11) is -6.57. The van der Waals surface area contributed by atoms with Crippen molar-refractivity contribution in [1.82, 2.24) is 9.62 Å². The first-order valence-corrected chi connectivity index (χ1v) is 22.3. The third-order valence-corrected chi connectivity index (χ3v) is 17.0. The molecule has 13 heteroatoms. The van der Waals surface area contributed by atoms with Gasteiger partial charge in [0.15, 0.2) is 0 Å². The van der Waals surface area contributed by atoms with Gasteiger partial charge in [0.05, 0.1) is 43.5 Å². The van der Waals surface area contributed by atoms with E-state index in [9.17, 15) is 8.42 Å². The minimum Gasteiger partial charge on any atom is -0.484 e. The monoisotopic (exact) mass is 795 g/mol. The molecule has 1 aliphatic heterocycles. The summed E-state index contributed by atoms with van der Waals surface area (Å²) in [6, 6.07) is 30.5. The van der Waals surface area contributed by atoms with Crippen molar-refractivity contribution in [3.8, 4) is 5.75 Å². The van der Waals surface area contributed by atoms with E-state index >= 15 is 4.39 Å². The molecule has 0 amide bonds. The molecule has 6 rings (SSSR count). The highest BCUT2D eigenvalue weighted by molar-refractivity contribution is 7.89. The van der Waals surface area contributed by atoms with Gasteiger partial charge in [-0.2, -0.15) is 0 Å². The van der Waals surface area contributed by atoms with Crippen LogP contribution in [0.15, 0.2) is 102 Å². The van der Waals surface area contributed by atoms with Gasteiger partial charge in [-0.05, 0) is 70.2 Å². The number of nitrogens with zero attached hydrogens (tertiary/aromatic N) is 1. The number of hydrogen-bond donors (Lipinski definition) is 2. The first-order valence-electron chi connectivity index (χ1n) is 18.6. The van der Waals surface area contributed by atoms with E-state index < -0.39 is 24.4 Å². The first kappa shape index (κ1) is 40.5. The van der Waals surface area contributed by atoms with Crippen molar-refractivity contribution in [2.24, 2.45) is 5.73 Å². The van der Waals surface area contributed by atoms with Gasteiger partial charge in [0, 0.05) is 36.8 Å². The molecule has 3 N–H and O–H groups in total. The van der Waals surface area contributed by atoms with Crippen LogP contribution < -0.4 is 25.6 Å². The second-order valence-corrected chi connectivity index (χ2v) is 21.3. The molecular weight excluding hydrogens is 745 g/mol. The summed E-state index contributed by atoms with van der Waals surface area (Å²) < 4.78 is 68.8. The molecule has 0 spiro atoms. The van der Waals surface area contributed by atoms with Gasteiger partial charge < -0.3 is 24.4 Å². The van der Waals surface area contributed by atoms with E-state index in [1.54, 1.807) is 18.2 Å². The van der Waals surface area contributed by atoms with E-state index in [1.807, 2.05) is 12.1 Å². The molecule has 0 radical (unpaired) electrons. The summed E-state index contributed by atoms with van der Waals surface area (Å²) in [5, 5.41) is 2.59. The smallest absolute Gasteiger partial charge is 0.261 e. The molecular formula is C41H51ClFN3O6SSi. The molecule has 4 aromatic carbocycles. The minimum absolute atomic E-state index is 0.0546. The Morgan fingerprint density at radius 1 is 0.907 bits per heavy atom. The molecule has 4 aromatic rings. The van der Waals surface area contributed by atoms with Crippen LogP contribution in [0.5, 0.6) is 5.75 Å². The number of halogens is 2. The van der Waals surface area contributed by atoms with Crippen LogP contribution in [0.2, 0.25) is 10.1 Å². The van der Waals surface area contributed by atoms with Gasteiger partial charge in [-0.3, -0.25) is 4.90 Å². The lowest BCUT2D eigenvalue weighted by atomic mass is 10.1. The molecule has 1 fully saturated rings. The van der Waals surface area contributed by atoms with Gasteiger partial charge in [-0.25, -0.2) is 17.5 Å². The van der Waals surface area contributed by atoms with E-state index in [4.69, 9.17) is 36.0 Å². The molecule has 1 saturated heterocycles. The fourth-order valence-corrected chi connectivity index (χ4v) is 13.7. The summed E-state index contributed by atoms with van der Waals surface area (Å²) in [4.78, 5) is 2.46. The molecule has 9 nitrogen and oxygen atoms in total. The predicted molar refractivity (Wildman–Crippen MR) is 213 cm³/mol. The van der Waals surface area contributed by atoms with Crippen LogP contribution in [-0.4, -0.2) is 86.4 Å². The number of hydrogen-bond acceptors (Lipinski definition) is 8. The van der Waals surface area contributed by atoms with Crippen molar-refractivity contribution < 1.29 is 31.4 Å². The molecule has 290 valence electrons. The largest absolute Gasteiger partial charge is 0.484 e. The number of nitrogens with two attached hydrogens (primary N) is 1. The third-order valence-electron chi connectivity index (χ3n) is 10.2. The van der Waals surface area contributed by atoms with Gasteiger partial charge in [-0.1, -0.05) is 93.0 Å². The average Bonchev–Trinajstić information content (AvgIpc) is 3.77. The highest BCUT2D eigenvalue weighted by Gasteiger charge is 2.53. The van der Waals surface area contributed by atoms with Crippen LogP contribution in [0.1, 0.15) is 44.4 Å². The molecule has 0 bridgehead atoms. The maximum atomic E-state index is 15.5. The fraction of sp³-hybridized carbons (Fsp3) is 0.415. The number of nitrogens with one attached hydrogen (secondary N) is 1. The Kier molecular flexibility index (Phi) is 13.3. The second-order valence-electron chi connectivity index (χ2n) is 14.8. The number of benzene rings is 4. The highest BCUT2D eigenvalue weighted by atomic mass is 35.5. The maximum Gasteiger partial charge on any atom is 0.261 e. The Hall–Kier alpha value is -3.17. The summed E-state index contributed by atoms with van der Waals surface area (Å²) >= 11 is 6.40. The first-order chi connectivity index (χ1) is 25.9. The van der Waals surface area contributed by atoms with Crippen LogP contribution in [0.3, 0.4) is 0 Å². The Bertz CT molecular complexity index is 1900. The van der Waals surface area contributed by atoms with E-state index in [-0.39, 0.29) is 41.0 Å². The van der Waals surface area contributed by atoms with Gasteiger partial charge >= 0.3 is 0 Å². The van der Waals surface area contributed by atoms with Gasteiger partial charge in [0.25, 0.3) is 8.32 Å². The molecule has 0 aromatic heterocycles. The van der Waals surface area contributed by atoms with Crippen molar-refractivity contribution >= 4 is 40.3 Å². The Morgan fingerprint density at radius 2 is 1.54 bits per heavy atom. The number of ether oxygens (including phenoxy) is 3. The number of rotatable bonds is 17. The molecule has 1 aliphatic carbocycles. The van der Waals surface area contributed by atoms with Crippen LogP contribution in [0.4, 0.5) is 4.39 Å². The molecule has 2 aliphatic rings. The lowest BCUT2D eigenvalue weighted by Gasteiger charge is -2.44. The summed E-state index contributed by atoms with van der Waals surface area (Å²) in [6.45, 7) is 10.2. The van der Waals surface area contributed by atoms with Crippen molar-refractivity contribution in [3.63, 3.8) is 0 Å². The van der Waals surface area contributed by atoms with E-state index in [0.29, 0.717) is 61.2 Å². The topological polar surface area (TPSA) is 112 Å². The summed E-state index contributed by atoms with van der Waals surface area (Å²) in [5.74, 6) is 0.116.